The molecule has 116 valence electrons. The normalized spacial score (nSPS) is 11.6. The molecular weight excluding hydrogens is 304 g/mol. The first-order valence-electron chi connectivity index (χ1n) is 7.78. The van der Waals surface area contributed by atoms with Gasteiger partial charge in [-0.2, -0.15) is 0 Å². The van der Waals surface area contributed by atoms with Crippen LogP contribution in [-0.4, -0.2) is 19.2 Å². The van der Waals surface area contributed by atoms with Crippen LogP contribution < -0.4 is 0 Å². The number of imidazole rings is 1. The van der Waals surface area contributed by atoms with Crippen molar-refractivity contribution in [3.8, 4) is 0 Å². The Morgan fingerprint density at radius 2 is 1.70 bits per heavy atom. The van der Waals surface area contributed by atoms with Crippen LogP contribution in [0.15, 0.2) is 53.7 Å². The fraction of sp³-hybridized carbons (Fsp3) is 0.222. The molecular formula is C18H18N4S. The van der Waals surface area contributed by atoms with E-state index < -0.39 is 0 Å². The highest BCUT2D eigenvalue weighted by Crippen LogP contribution is 2.27. The van der Waals surface area contributed by atoms with Crippen molar-refractivity contribution in [1.29, 1.82) is 0 Å². The van der Waals surface area contributed by atoms with Gasteiger partial charge < -0.3 is 4.57 Å². The van der Waals surface area contributed by atoms with Gasteiger partial charge in [0.25, 0.3) is 0 Å². The zero-order valence-corrected chi connectivity index (χ0v) is 14.0. The molecule has 0 saturated heterocycles. The van der Waals surface area contributed by atoms with Crippen molar-refractivity contribution < 1.29 is 0 Å². The third-order valence-electron chi connectivity index (χ3n) is 4.08. The summed E-state index contributed by atoms with van der Waals surface area (Å²) in [6, 6.07) is 17.1. The van der Waals surface area contributed by atoms with Gasteiger partial charge in [0, 0.05) is 12.3 Å². The number of rotatable bonds is 4. The smallest absolute Gasteiger partial charge is 0.237 e. The molecule has 4 nitrogen and oxygen atoms in total. The second-order valence-electron chi connectivity index (χ2n) is 5.63. The summed E-state index contributed by atoms with van der Waals surface area (Å²) in [5.41, 5.74) is 4.96. The number of aryl methyl sites for hydroxylation is 2. The largest absolute Gasteiger partial charge is 0.309 e. The number of para-hydroxylation sites is 2. The molecule has 2 aromatic carbocycles. The van der Waals surface area contributed by atoms with Crippen LogP contribution in [0, 0.1) is 6.92 Å². The van der Waals surface area contributed by atoms with Crippen LogP contribution >= 0.6 is 11.8 Å². The molecule has 0 radical (unpaired) electrons. The van der Waals surface area contributed by atoms with Crippen molar-refractivity contribution in [2.45, 2.75) is 31.3 Å². The molecule has 5 heteroatoms. The molecule has 0 amide bonds. The molecule has 23 heavy (non-hydrogen) atoms. The molecule has 2 heterocycles. The highest BCUT2D eigenvalue weighted by atomic mass is 32.2. The van der Waals surface area contributed by atoms with Gasteiger partial charge in [-0.05, 0) is 31.5 Å². The highest BCUT2D eigenvalue weighted by Gasteiger charge is 2.15. The van der Waals surface area contributed by atoms with E-state index in [-0.39, 0.29) is 0 Å². The van der Waals surface area contributed by atoms with Crippen LogP contribution in [0.25, 0.3) is 16.8 Å². The molecule has 2 aromatic heterocycles. The first-order valence-corrected chi connectivity index (χ1v) is 8.77. The van der Waals surface area contributed by atoms with Crippen LogP contribution in [0.2, 0.25) is 0 Å². The third kappa shape index (κ3) is 2.41. The number of nitrogens with zero attached hydrogens (tertiary/aromatic N) is 4. The number of fused-ring (bicyclic) bond motifs is 3. The molecule has 0 spiro atoms. The summed E-state index contributed by atoms with van der Waals surface area (Å²) >= 11 is 1.73. The Labute approximate surface area is 139 Å². The summed E-state index contributed by atoms with van der Waals surface area (Å²) in [7, 11) is 0. The van der Waals surface area contributed by atoms with Crippen molar-refractivity contribution in [2.24, 2.45) is 0 Å². The van der Waals surface area contributed by atoms with Gasteiger partial charge in [-0.1, -0.05) is 53.7 Å². The second kappa shape index (κ2) is 5.74. The Balaban J connectivity index is 1.74. The van der Waals surface area contributed by atoms with Gasteiger partial charge >= 0.3 is 0 Å². The van der Waals surface area contributed by atoms with E-state index in [1.165, 1.54) is 22.2 Å². The molecule has 0 saturated carbocycles. The van der Waals surface area contributed by atoms with E-state index in [2.05, 4.69) is 81.5 Å². The average molecular weight is 322 g/mol. The van der Waals surface area contributed by atoms with Crippen molar-refractivity contribution in [3.63, 3.8) is 0 Å². The monoisotopic (exact) mass is 322 g/mol. The van der Waals surface area contributed by atoms with Gasteiger partial charge in [0.1, 0.15) is 0 Å². The highest BCUT2D eigenvalue weighted by molar-refractivity contribution is 7.98. The summed E-state index contributed by atoms with van der Waals surface area (Å²) in [5, 5.41) is 9.76. The maximum Gasteiger partial charge on any atom is 0.237 e. The third-order valence-corrected chi connectivity index (χ3v) is 5.08. The fourth-order valence-electron chi connectivity index (χ4n) is 2.87. The summed E-state index contributed by atoms with van der Waals surface area (Å²) in [5.74, 6) is 1.81. The van der Waals surface area contributed by atoms with E-state index in [4.69, 9.17) is 0 Å². The van der Waals surface area contributed by atoms with E-state index in [1.54, 1.807) is 11.8 Å². The Morgan fingerprint density at radius 1 is 0.957 bits per heavy atom. The maximum absolute atomic E-state index is 4.41. The summed E-state index contributed by atoms with van der Waals surface area (Å²) in [4.78, 5) is 0. The summed E-state index contributed by atoms with van der Waals surface area (Å²) in [6.45, 7) is 5.14. The summed E-state index contributed by atoms with van der Waals surface area (Å²) < 4.78 is 4.37. The number of thioether (sulfide) groups is 1. The molecule has 0 aliphatic rings. The number of benzene rings is 2. The van der Waals surface area contributed by atoms with Gasteiger partial charge in [-0.15, -0.1) is 10.2 Å². The van der Waals surface area contributed by atoms with E-state index in [9.17, 15) is 0 Å². The van der Waals surface area contributed by atoms with Gasteiger partial charge in [-0.25, -0.2) is 0 Å². The van der Waals surface area contributed by atoms with Crippen LogP contribution in [0.4, 0.5) is 0 Å². The summed E-state index contributed by atoms with van der Waals surface area (Å²) in [6.07, 6.45) is 0. The molecule has 0 N–H and O–H groups in total. The van der Waals surface area contributed by atoms with E-state index in [1.807, 2.05) is 0 Å². The maximum atomic E-state index is 4.41. The first-order chi connectivity index (χ1) is 11.3. The van der Waals surface area contributed by atoms with Crippen molar-refractivity contribution in [1.82, 2.24) is 19.2 Å². The van der Waals surface area contributed by atoms with Crippen LogP contribution in [0.1, 0.15) is 18.1 Å². The molecule has 0 atom stereocenters. The zero-order chi connectivity index (χ0) is 15.8. The minimum atomic E-state index is 0.887. The molecule has 0 aliphatic heterocycles. The average Bonchev–Trinajstić information content (AvgIpc) is 3.12. The molecule has 0 unspecified atom stereocenters. The minimum absolute atomic E-state index is 0.887. The van der Waals surface area contributed by atoms with Crippen LogP contribution in [0.3, 0.4) is 0 Å². The van der Waals surface area contributed by atoms with E-state index in [0.717, 1.165) is 23.2 Å². The number of hydrogen-bond donors (Lipinski definition) is 0. The van der Waals surface area contributed by atoms with Gasteiger partial charge in [0.2, 0.25) is 5.78 Å². The van der Waals surface area contributed by atoms with Crippen molar-refractivity contribution in [2.75, 3.05) is 0 Å². The lowest BCUT2D eigenvalue weighted by Gasteiger charge is -2.01. The fourth-order valence-corrected chi connectivity index (χ4v) is 3.77. The Bertz CT molecular complexity index is 966. The molecule has 4 rings (SSSR count). The topological polar surface area (TPSA) is 35.1 Å². The van der Waals surface area contributed by atoms with Gasteiger partial charge in [0.15, 0.2) is 5.16 Å². The second-order valence-corrected chi connectivity index (χ2v) is 6.57. The first kappa shape index (κ1) is 14.3. The quantitative estimate of drug-likeness (QED) is 0.525. The number of hydrogen-bond acceptors (Lipinski definition) is 3. The molecule has 0 bridgehead atoms. The minimum Gasteiger partial charge on any atom is -0.309 e. The Hall–Kier alpha value is -2.27. The van der Waals surface area contributed by atoms with Gasteiger partial charge in [0.05, 0.1) is 11.0 Å². The van der Waals surface area contributed by atoms with E-state index in [0.29, 0.717) is 0 Å². The predicted octanol–water partition coefficient (Wildman–Crippen LogP) is 4.30. The Kier molecular flexibility index (Phi) is 3.58. The Morgan fingerprint density at radius 3 is 2.43 bits per heavy atom. The van der Waals surface area contributed by atoms with Crippen molar-refractivity contribution in [3.05, 3.63) is 59.7 Å². The van der Waals surface area contributed by atoms with Crippen LogP contribution in [-0.2, 0) is 12.3 Å². The van der Waals surface area contributed by atoms with Gasteiger partial charge in [-0.3, -0.25) is 4.40 Å². The lowest BCUT2D eigenvalue weighted by atomic mass is 10.2. The lowest BCUT2D eigenvalue weighted by Crippen LogP contribution is -1.94. The van der Waals surface area contributed by atoms with Crippen LogP contribution in [0.5, 0.6) is 0 Å². The molecule has 0 fully saturated rings. The van der Waals surface area contributed by atoms with E-state index >= 15 is 0 Å². The number of aromatic nitrogens is 4. The SMILES string of the molecule is CCn1c2ccccc2n2c(SCc3ccc(C)cc3)nnc12. The molecule has 4 aromatic rings. The zero-order valence-electron chi connectivity index (χ0n) is 13.2. The standard InChI is InChI=1S/C18H18N4S/c1-3-21-15-6-4-5-7-16(15)22-17(21)19-20-18(22)23-12-14-10-8-13(2)9-11-14/h4-11H,3,12H2,1-2H3. The lowest BCUT2D eigenvalue weighted by molar-refractivity contribution is 0.802. The predicted molar refractivity (Wildman–Crippen MR) is 94.9 cm³/mol. The van der Waals surface area contributed by atoms with Crippen molar-refractivity contribution >= 4 is 28.6 Å². The molecule has 0 aliphatic carbocycles.